The maximum Gasteiger partial charge on any atom is 0.270 e. The van der Waals surface area contributed by atoms with Gasteiger partial charge in [0, 0.05) is 24.2 Å². The third-order valence-electron chi connectivity index (χ3n) is 4.76. The topological polar surface area (TPSA) is 65.5 Å². The van der Waals surface area contributed by atoms with E-state index in [0.29, 0.717) is 18.3 Å². The number of aliphatic hydroxyl groups excluding tert-OH is 1. The number of aliphatic hydroxyl groups is 1. The van der Waals surface area contributed by atoms with Gasteiger partial charge in [0.05, 0.1) is 6.61 Å². The van der Waals surface area contributed by atoms with Crippen LogP contribution in [0.2, 0.25) is 0 Å². The molecule has 24 heavy (non-hydrogen) atoms. The molecule has 1 saturated heterocycles. The Morgan fingerprint density at radius 1 is 1.29 bits per heavy atom. The molecule has 1 unspecified atom stereocenters. The lowest BCUT2D eigenvalue weighted by atomic mass is 10.1. The molecular formula is C19H25N3O2. The predicted octanol–water partition coefficient (Wildman–Crippen LogP) is 2.20. The summed E-state index contributed by atoms with van der Waals surface area (Å²) in [6, 6.07) is 10.1. The van der Waals surface area contributed by atoms with Crippen molar-refractivity contribution in [2.75, 3.05) is 26.2 Å². The van der Waals surface area contributed by atoms with Crippen molar-refractivity contribution in [3.63, 3.8) is 0 Å². The second-order valence-corrected chi connectivity index (χ2v) is 6.36. The number of carbonyl (C=O) groups excluding carboxylic acids is 1. The molecule has 0 aliphatic carbocycles. The lowest BCUT2D eigenvalue weighted by Gasteiger charge is -2.22. The highest BCUT2D eigenvalue weighted by atomic mass is 16.3. The SMILES string of the molecule is O=C(NCCCCN1CCCC1CO)c1nccc2ccccc12. The van der Waals surface area contributed by atoms with Gasteiger partial charge < -0.3 is 10.4 Å². The van der Waals surface area contributed by atoms with Gasteiger partial charge >= 0.3 is 0 Å². The van der Waals surface area contributed by atoms with Gasteiger partial charge in [-0.2, -0.15) is 0 Å². The van der Waals surface area contributed by atoms with Crippen LogP contribution in [-0.2, 0) is 0 Å². The van der Waals surface area contributed by atoms with Crippen molar-refractivity contribution in [3.8, 4) is 0 Å². The molecule has 0 saturated carbocycles. The van der Waals surface area contributed by atoms with E-state index in [1.807, 2.05) is 30.3 Å². The summed E-state index contributed by atoms with van der Waals surface area (Å²) in [5, 5.41) is 14.2. The first-order chi connectivity index (χ1) is 11.8. The minimum Gasteiger partial charge on any atom is -0.395 e. The summed E-state index contributed by atoms with van der Waals surface area (Å²) >= 11 is 0. The Balaban J connectivity index is 1.46. The fourth-order valence-electron chi connectivity index (χ4n) is 3.42. The predicted molar refractivity (Wildman–Crippen MR) is 95.0 cm³/mol. The molecule has 5 heteroatoms. The van der Waals surface area contributed by atoms with Crippen molar-refractivity contribution in [1.82, 2.24) is 15.2 Å². The third-order valence-corrected chi connectivity index (χ3v) is 4.76. The molecule has 1 atom stereocenters. The van der Waals surface area contributed by atoms with Gasteiger partial charge in [-0.05, 0) is 50.2 Å². The summed E-state index contributed by atoms with van der Waals surface area (Å²) in [7, 11) is 0. The first-order valence-corrected chi connectivity index (χ1v) is 8.76. The number of fused-ring (bicyclic) bond motifs is 1. The summed E-state index contributed by atoms with van der Waals surface area (Å²) in [6.45, 7) is 2.98. The number of amides is 1. The van der Waals surface area contributed by atoms with Crippen LogP contribution in [0.15, 0.2) is 36.5 Å². The molecule has 2 aromatic rings. The van der Waals surface area contributed by atoms with Crippen molar-refractivity contribution < 1.29 is 9.90 Å². The van der Waals surface area contributed by atoms with E-state index in [1.54, 1.807) is 6.20 Å². The van der Waals surface area contributed by atoms with Gasteiger partial charge in [-0.25, -0.2) is 0 Å². The summed E-state index contributed by atoms with van der Waals surface area (Å²) < 4.78 is 0. The number of hydrogen-bond donors (Lipinski definition) is 2. The van der Waals surface area contributed by atoms with Crippen LogP contribution >= 0.6 is 0 Å². The fourth-order valence-corrected chi connectivity index (χ4v) is 3.42. The third kappa shape index (κ3) is 3.91. The average Bonchev–Trinajstić information content (AvgIpc) is 3.08. The molecule has 128 valence electrons. The Morgan fingerprint density at radius 3 is 3.04 bits per heavy atom. The van der Waals surface area contributed by atoms with Gasteiger partial charge in [-0.3, -0.25) is 14.7 Å². The molecule has 5 nitrogen and oxygen atoms in total. The number of hydrogen-bond acceptors (Lipinski definition) is 4. The number of aromatic nitrogens is 1. The number of pyridine rings is 1. The fraction of sp³-hybridized carbons (Fsp3) is 0.474. The van der Waals surface area contributed by atoms with Crippen molar-refractivity contribution in [2.45, 2.75) is 31.7 Å². The van der Waals surface area contributed by atoms with Gasteiger partial charge in [0.15, 0.2) is 0 Å². The molecule has 1 aromatic heterocycles. The molecular weight excluding hydrogens is 302 g/mol. The van der Waals surface area contributed by atoms with E-state index in [2.05, 4.69) is 15.2 Å². The number of nitrogens with one attached hydrogen (secondary N) is 1. The van der Waals surface area contributed by atoms with Gasteiger partial charge in [-0.15, -0.1) is 0 Å². The maximum absolute atomic E-state index is 12.4. The number of unbranched alkanes of at least 4 members (excludes halogenated alkanes) is 1. The van der Waals surface area contributed by atoms with Crippen molar-refractivity contribution in [2.24, 2.45) is 0 Å². The number of rotatable bonds is 7. The Kier molecular flexibility index (Phi) is 5.77. The van der Waals surface area contributed by atoms with Crippen LogP contribution in [0.4, 0.5) is 0 Å². The number of benzene rings is 1. The zero-order valence-electron chi connectivity index (χ0n) is 13.9. The lowest BCUT2D eigenvalue weighted by molar-refractivity contribution is 0.0949. The standard InChI is InChI=1S/C19H25N3O2/c23-14-16-7-5-13-22(16)12-4-3-10-21-19(24)18-17-8-2-1-6-15(17)9-11-20-18/h1-2,6,8-9,11,16,23H,3-5,7,10,12-14H2,(H,21,24). The van der Waals surface area contributed by atoms with E-state index in [0.717, 1.165) is 43.1 Å². The zero-order chi connectivity index (χ0) is 16.8. The van der Waals surface area contributed by atoms with Crippen LogP contribution in [-0.4, -0.2) is 53.2 Å². The molecule has 0 bridgehead atoms. The number of likely N-dealkylation sites (tertiary alicyclic amines) is 1. The van der Waals surface area contributed by atoms with Crippen LogP contribution in [0, 0.1) is 0 Å². The Labute approximate surface area is 142 Å². The second kappa shape index (κ2) is 8.22. The van der Waals surface area contributed by atoms with Gasteiger partial charge in [0.1, 0.15) is 5.69 Å². The summed E-state index contributed by atoms with van der Waals surface area (Å²) in [5.41, 5.74) is 0.494. The molecule has 1 aromatic carbocycles. The molecule has 1 amide bonds. The lowest BCUT2D eigenvalue weighted by Crippen LogP contribution is -2.33. The van der Waals surface area contributed by atoms with E-state index >= 15 is 0 Å². The maximum atomic E-state index is 12.4. The summed E-state index contributed by atoms with van der Waals surface area (Å²) in [5.74, 6) is -0.110. The summed E-state index contributed by atoms with van der Waals surface area (Å²) in [6.07, 6.45) is 5.92. The Bertz CT molecular complexity index is 684. The van der Waals surface area contributed by atoms with Crippen molar-refractivity contribution in [3.05, 3.63) is 42.2 Å². The summed E-state index contributed by atoms with van der Waals surface area (Å²) in [4.78, 5) is 19.0. The highest BCUT2D eigenvalue weighted by molar-refractivity contribution is 6.05. The van der Waals surface area contributed by atoms with Gasteiger partial charge in [0.25, 0.3) is 5.91 Å². The molecule has 1 aliphatic heterocycles. The van der Waals surface area contributed by atoms with Crippen LogP contribution in [0.25, 0.3) is 10.8 Å². The van der Waals surface area contributed by atoms with Crippen molar-refractivity contribution >= 4 is 16.7 Å². The van der Waals surface area contributed by atoms with E-state index in [-0.39, 0.29) is 12.5 Å². The molecule has 1 aliphatic rings. The normalized spacial score (nSPS) is 18.1. The average molecular weight is 327 g/mol. The highest BCUT2D eigenvalue weighted by Gasteiger charge is 2.22. The minimum absolute atomic E-state index is 0.110. The van der Waals surface area contributed by atoms with E-state index < -0.39 is 0 Å². The molecule has 0 spiro atoms. The van der Waals surface area contributed by atoms with Crippen LogP contribution in [0.1, 0.15) is 36.2 Å². The monoisotopic (exact) mass is 327 g/mol. The van der Waals surface area contributed by atoms with Gasteiger partial charge in [0.2, 0.25) is 0 Å². The highest BCUT2D eigenvalue weighted by Crippen LogP contribution is 2.17. The number of carbonyl (C=O) groups is 1. The van der Waals surface area contributed by atoms with Crippen LogP contribution in [0.3, 0.4) is 0 Å². The van der Waals surface area contributed by atoms with Crippen LogP contribution < -0.4 is 5.32 Å². The molecule has 1 fully saturated rings. The largest absolute Gasteiger partial charge is 0.395 e. The smallest absolute Gasteiger partial charge is 0.270 e. The molecule has 2 heterocycles. The molecule has 3 rings (SSSR count). The van der Waals surface area contributed by atoms with Gasteiger partial charge in [-0.1, -0.05) is 24.3 Å². The second-order valence-electron chi connectivity index (χ2n) is 6.36. The van der Waals surface area contributed by atoms with Crippen LogP contribution in [0.5, 0.6) is 0 Å². The van der Waals surface area contributed by atoms with E-state index in [9.17, 15) is 9.90 Å². The molecule has 0 radical (unpaired) electrons. The first kappa shape index (κ1) is 16.9. The minimum atomic E-state index is -0.110. The van der Waals surface area contributed by atoms with E-state index in [1.165, 1.54) is 6.42 Å². The van der Waals surface area contributed by atoms with Crippen molar-refractivity contribution in [1.29, 1.82) is 0 Å². The Hall–Kier alpha value is -1.98. The molecule has 2 N–H and O–H groups in total. The quantitative estimate of drug-likeness (QED) is 0.765. The van der Waals surface area contributed by atoms with E-state index in [4.69, 9.17) is 0 Å². The first-order valence-electron chi connectivity index (χ1n) is 8.76. The zero-order valence-corrected chi connectivity index (χ0v) is 13.9. The number of nitrogens with zero attached hydrogens (tertiary/aromatic N) is 2. The Morgan fingerprint density at radius 2 is 2.17 bits per heavy atom.